The lowest BCUT2D eigenvalue weighted by atomic mass is 10.4. The quantitative estimate of drug-likeness (QED) is 0.482. The van der Waals surface area contributed by atoms with Crippen LogP contribution in [0.5, 0.6) is 0 Å². The van der Waals surface area contributed by atoms with E-state index in [1.165, 1.54) is 0 Å². The Hall–Kier alpha value is 0.0700. The van der Waals surface area contributed by atoms with Crippen LogP contribution in [0.1, 0.15) is 20.3 Å². The highest BCUT2D eigenvalue weighted by Crippen LogP contribution is 2.35. The summed E-state index contributed by atoms with van der Waals surface area (Å²) < 4.78 is 14.6. The van der Waals surface area contributed by atoms with Gasteiger partial charge in [0.15, 0.2) is 0 Å². The van der Waals surface area contributed by atoms with Gasteiger partial charge in [-0.25, -0.2) is 4.57 Å². The topological polar surface area (TPSA) is 70.0 Å². The van der Waals surface area contributed by atoms with E-state index in [2.05, 4.69) is 9.42 Å². The van der Waals surface area contributed by atoms with Crippen molar-refractivity contribution in [3.05, 3.63) is 0 Å². The summed E-state index contributed by atoms with van der Waals surface area (Å²) in [6.45, 7) is 6.92. The Bertz CT molecular complexity index is 166. The minimum absolute atomic E-state index is 0.112. The first-order valence-electron chi connectivity index (χ1n) is 4.42. The van der Waals surface area contributed by atoms with Crippen LogP contribution in [0.2, 0.25) is 0 Å². The largest absolute Gasteiger partial charge is 0.469 e. The molecule has 6 heteroatoms. The van der Waals surface area contributed by atoms with Gasteiger partial charge in [0.2, 0.25) is 0 Å². The van der Waals surface area contributed by atoms with Gasteiger partial charge < -0.3 is 14.7 Å². The molecule has 0 saturated carbocycles. The number of hydrogen-bond acceptors (Lipinski definition) is 3. The van der Waals surface area contributed by atoms with Crippen LogP contribution in [0.15, 0.2) is 0 Å². The molecule has 0 radical (unpaired) electrons. The zero-order valence-electron chi connectivity index (χ0n) is 8.14. The van der Waals surface area contributed by atoms with Gasteiger partial charge in [-0.05, 0) is 19.5 Å². The average Bonchev–Trinajstić information content (AvgIpc) is 2.03. The van der Waals surface area contributed by atoms with E-state index in [1.54, 1.807) is 0 Å². The molecule has 2 N–H and O–H groups in total. The molecule has 0 fully saturated rings. The van der Waals surface area contributed by atoms with Crippen molar-refractivity contribution in [2.45, 2.75) is 20.3 Å². The van der Waals surface area contributed by atoms with Crippen LogP contribution in [0.3, 0.4) is 0 Å². The fraction of sp³-hybridized carbons (Fsp3) is 1.00. The van der Waals surface area contributed by atoms with Crippen molar-refractivity contribution in [3.63, 3.8) is 0 Å². The van der Waals surface area contributed by atoms with Crippen LogP contribution in [0.25, 0.3) is 0 Å². The van der Waals surface area contributed by atoms with Crippen molar-refractivity contribution in [2.75, 3.05) is 26.2 Å². The van der Waals surface area contributed by atoms with Gasteiger partial charge in [0.05, 0.1) is 6.61 Å². The molecule has 13 heavy (non-hydrogen) atoms. The molecule has 5 nitrogen and oxygen atoms in total. The SMILES string of the molecule is CCN(CC)CCCOP(=O)(O)O. The minimum Gasteiger partial charge on any atom is -0.304 e. The highest BCUT2D eigenvalue weighted by Gasteiger charge is 2.12. The van der Waals surface area contributed by atoms with Gasteiger partial charge in [0, 0.05) is 6.54 Å². The standard InChI is InChI=1S/C7H18NO4P/c1-3-8(4-2)6-5-7-12-13(9,10)11/h3-7H2,1-2H3,(H2,9,10,11). The van der Waals surface area contributed by atoms with Crippen molar-refractivity contribution in [1.82, 2.24) is 4.90 Å². The Labute approximate surface area is 78.9 Å². The first-order valence-corrected chi connectivity index (χ1v) is 5.95. The lowest BCUT2D eigenvalue weighted by molar-refractivity contribution is 0.182. The van der Waals surface area contributed by atoms with Crippen LogP contribution in [0.4, 0.5) is 0 Å². The predicted octanol–water partition coefficient (Wildman–Crippen LogP) is 0.828. The lowest BCUT2D eigenvalue weighted by Gasteiger charge is -2.17. The predicted molar refractivity (Wildman–Crippen MR) is 50.4 cm³/mol. The average molecular weight is 211 g/mol. The summed E-state index contributed by atoms with van der Waals surface area (Å²) in [6, 6.07) is 0. The highest BCUT2D eigenvalue weighted by atomic mass is 31.2. The lowest BCUT2D eigenvalue weighted by Crippen LogP contribution is -2.24. The molecule has 0 saturated heterocycles. The zero-order valence-corrected chi connectivity index (χ0v) is 9.04. The summed E-state index contributed by atoms with van der Waals surface area (Å²) >= 11 is 0. The second kappa shape index (κ2) is 6.51. The van der Waals surface area contributed by atoms with Gasteiger partial charge in [-0.1, -0.05) is 13.8 Å². The number of phosphoric acid groups is 1. The molecule has 80 valence electrons. The maximum absolute atomic E-state index is 10.3. The van der Waals surface area contributed by atoms with E-state index in [9.17, 15) is 4.57 Å². The Morgan fingerprint density at radius 1 is 1.31 bits per heavy atom. The molecule has 0 amide bonds. The summed E-state index contributed by atoms with van der Waals surface area (Å²) in [5.41, 5.74) is 0. The highest BCUT2D eigenvalue weighted by molar-refractivity contribution is 7.46. The first-order chi connectivity index (χ1) is 5.99. The minimum atomic E-state index is -4.26. The van der Waals surface area contributed by atoms with E-state index in [0.29, 0.717) is 6.42 Å². The van der Waals surface area contributed by atoms with Crippen molar-refractivity contribution in [2.24, 2.45) is 0 Å². The first kappa shape index (κ1) is 13.1. The summed E-state index contributed by atoms with van der Waals surface area (Å²) in [5, 5.41) is 0. The van der Waals surface area contributed by atoms with Gasteiger partial charge >= 0.3 is 7.82 Å². The normalized spacial score (nSPS) is 12.4. The number of rotatable bonds is 7. The molecule has 0 aliphatic heterocycles. The van der Waals surface area contributed by atoms with Crippen LogP contribution < -0.4 is 0 Å². The maximum atomic E-state index is 10.3. The number of hydrogen-bond donors (Lipinski definition) is 2. The molecular formula is C7H18NO4P. The molecule has 0 atom stereocenters. The fourth-order valence-corrected chi connectivity index (χ4v) is 1.38. The summed E-state index contributed by atoms with van der Waals surface area (Å²) in [5.74, 6) is 0. The van der Waals surface area contributed by atoms with E-state index in [0.717, 1.165) is 19.6 Å². The molecule has 0 bridgehead atoms. The van der Waals surface area contributed by atoms with Gasteiger partial charge in [-0.3, -0.25) is 4.52 Å². The number of nitrogens with zero attached hydrogens (tertiary/aromatic N) is 1. The van der Waals surface area contributed by atoms with Crippen molar-refractivity contribution >= 4 is 7.82 Å². The van der Waals surface area contributed by atoms with Crippen LogP contribution >= 0.6 is 7.82 Å². The van der Waals surface area contributed by atoms with E-state index in [1.807, 2.05) is 13.8 Å². The Morgan fingerprint density at radius 3 is 2.23 bits per heavy atom. The molecule has 0 spiro atoms. The molecule has 0 aliphatic carbocycles. The monoisotopic (exact) mass is 211 g/mol. The maximum Gasteiger partial charge on any atom is 0.469 e. The number of phosphoric ester groups is 1. The van der Waals surface area contributed by atoms with E-state index in [-0.39, 0.29) is 6.61 Å². The third-order valence-electron chi connectivity index (χ3n) is 1.77. The molecule has 0 rings (SSSR count). The van der Waals surface area contributed by atoms with Crippen LogP contribution in [0, 0.1) is 0 Å². The molecule has 0 aromatic carbocycles. The van der Waals surface area contributed by atoms with Crippen LogP contribution in [-0.2, 0) is 9.09 Å². The van der Waals surface area contributed by atoms with Gasteiger partial charge in [0.25, 0.3) is 0 Å². The van der Waals surface area contributed by atoms with E-state index < -0.39 is 7.82 Å². The molecule has 0 heterocycles. The second-order valence-corrected chi connectivity index (χ2v) is 3.94. The van der Waals surface area contributed by atoms with Gasteiger partial charge in [-0.15, -0.1) is 0 Å². The van der Waals surface area contributed by atoms with Gasteiger partial charge in [0.1, 0.15) is 0 Å². The molecular weight excluding hydrogens is 193 g/mol. The van der Waals surface area contributed by atoms with E-state index >= 15 is 0 Å². The van der Waals surface area contributed by atoms with E-state index in [4.69, 9.17) is 9.79 Å². The third kappa shape index (κ3) is 8.40. The second-order valence-electron chi connectivity index (χ2n) is 2.70. The Morgan fingerprint density at radius 2 is 1.85 bits per heavy atom. The smallest absolute Gasteiger partial charge is 0.304 e. The van der Waals surface area contributed by atoms with Crippen molar-refractivity contribution in [3.8, 4) is 0 Å². The Balaban J connectivity index is 3.40. The summed E-state index contributed by atoms with van der Waals surface area (Å²) in [4.78, 5) is 18.9. The molecule has 0 unspecified atom stereocenters. The third-order valence-corrected chi connectivity index (χ3v) is 2.29. The summed E-state index contributed by atoms with van der Waals surface area (Å²) in [6.07, 6.45) is 0.646. The van der Waals surface area contributed by atoms with Crippen LogP contribution in [-0.4, -0.2) is 40.9 Å². The summed E-state index contributed by atoms with van der Waals surface area (Å²) in [7, 11) is -4.26. The molecule has 0 aliphatic rings. The molecule has 0 aromatic heterocycles. The molecule has 0 aromatic rings. The van der Waals surface area contributed by atoms with Crippen molar-refractivity contribution < 1.29 is 18.9 Å². The zero-order chi connectivity index (χ0) is 10.3. The Kier molecular flexibility index (Phi) is 6.55. The van der Waals surface area contributed by atoms with Gasteiger partial charge in [-0.2, -0.15) is 0 Å². The van der Waals surface area contributed by atoms with Crippen molar-refractivity contribution in [1.29, 1.82) is 0 Å². The fourth-order valence-electron chi connectivity index (χ4n) is 1.01.